The molecule has 4 rings (SSSR count). The van der Waals surface area contributed by atoms with Gasteiger partial charge in [0.15, 0.2) is 11.5 Å². The predicted octanol–water partition coefficient (Wildman–Crippen LogP) is 6.17. The number of nitro benzene ring substituents is 1. The van der Waals surface area contributed by atoms with Crippen molar-refractivity contribution >= 4 is 58.5 Å². The van der Waals surface area contributed by atoms with Crippen LogP contribution in [-0.2, 0) is 22.4 Å². The van der Waals surface area contributed by atoms with E-state index in [1.807, 2.05) is 5.32 Å². The van der Waals surface area contributed by atoms with Crippen molar-refractivity contribution in [2.45, 2.75) is 12.8 Å². The number of anilines is 1. The molecule has 10 nitrogen and oxygen atoms in total. The molecular weight excluding hydrogens is 594 g/mol. The third-order valence-electron chi connectivity index (χ3n) is 5.71. The maximum atomic E-state index is 13.3. The van der Waals surface area contributed by atoms with Crippen molar-refractivity contribution in [1.82, 2.24) is 5.32 Å². The molecule has 0 saturated carbocycles. The fourth-order valence-corrected chi connectivity index (χ4v) is 4.21. The number of urea groups is 1. The van der Waals surface area contributed by atoms with Gasteiger partial charge >= 0.3 is 12.2 Å². The van der Waals surface area contributed by atoms with E-state index in [2.05, 4.69) is 0 Å². The molecule has 0 spiro atoms. The van der Waals surface area contributed by atoms with Crippen LogP contribution < -0.4 is 19.7 Å². The number of hydrogen-bond acceptors (Lipinski definition) is 7. The zero-order valence-electron chi connectivity index (χ0n) is 20.6. The van der Waals surface area contributed by atoms with Crippen LogP contribution in [0.1, 0.15) is 16.7 Å². The van der Waals surface area contributed by atoms with Crippen molar-refractivity contribution in [1.29, 1.82) is 0 Å². The molecule has 3 aromatic rings. The molecule has 0 bridgehead atoms. The van der Waals surface area contributed by atoms with Crippen molar-refractivity contribution in [3.05, 3.63) is 97.0 Å². The van der Waals surface area contributed by atoms with Gasteiger partial charge in [0.05, 0.1) is 33.3 Å². The van der Waals surface area contributed by atoms with Gasteiger partial charge in [0, 0.05) is 12.1 Å². The Balaban J connectivity index is 1.65. The van der Waals surface area contributed by atoms with E-state index in [4.69, 9.17) is 32.7 Å². The Morgan fingerprint density at radius 1 is 1.02 bits per heavy atom. The van der Waals surface area contributed by atoms with Crippen molar-refractivity contribution in [3.63, 3.8) is 0 Å². The fraction of sp³-hybridized carbons (Fsp3) is 0.115. The largest absolute Gasteiger partial charge is 0.493 e. The van der Waals surface area contributed by atoms with E-state index in [1.165, 1.54) is 43.5 Å². The maximum Gasteiger partial charge on any atom is 0.416 e. The third-order valence-corrected chi connectivity index (χ3v) is 6.31. The first-order chi connectivity index (χ1) is 19.3. The summed E-state index contributed by atoms with van der Waals surface area (Å²) in [4.78, 5) is 48.8. The number of nitrogens with one attached hydrogen (secondary N) is 1. The molecule has 1 heterocycles. The quantitative estimate of drug-likeness (QED) is 0.147. The number of alkyl halides is 3. The topological polar surface area (TPSA) is 128 Å². The lowest BCUT2D eigenvalue weighted by Crippen LogP contribution is -2.54. The van der Waals surface area contributed by atoms with Gasteiger partial charge in [0.25, 0.3) is 17.5 Å². The molecule has 0 aliphatic carbocycles. The van der Waals surface area contributed by atoms with E-state index in [-0.39, 0.29) is 39.4 Å². The minimum Gasteiger partial charge on any atom is -0.493 e. The first-order valence-corrected chi connectivity index (χ1v) is 12.1. The summed E-state index contributed by atoms with van der Waals surface area (Å²) >= 11 is 12.4. The Hall–Kier alpha value is -4.62. The van der Waals surface area contributed by atoms with Gasteiger partial charge in [-0.25, -0.2) is 9.69 Å². The summed E-state index contributed by atoms with van der Waals surface area (Å²) in [5.74, 6) is -2.16. The fourth-order valence-electron chi connectivity index (χ4n) is 3.74. The lowest BCUT2D eigenvalue weighted by atomic mass is 10.1. The number of carbonyl (C=O) groups is 3. The number of halogens is 5. The number of rotatable bonds is 7. The minimum atomic E-state index is -4.79. The minimum absolute atomic E-state index is 0.00404. The molecule has 0 radical (unpaired) electrons. The number of amides is 4. The summed E-state index contributed by atoms with van der Waals surface area (Å²) in [6.07, 6.45) is -3.73. The zero-order chi connectivity index (χ0) is 30.1. The normalized spacial score (nSPS) is 14.7. The Bertz CT molecular complexity index is 1610. The predicted molar refractivity (Wildman–Crippen MR) is 141 cm³/mol. The average Bonchev–Trinajstić information content (AvgIpc) is 2.90. The number of methoxy groups -OCH3 is 1. The van der Waals surface area contributed by atoms with Crippen LogP contribution in [-0.4, -0.2) is 29.9 Å². The van der Waals surface area contributed by atoms with Crippen molar-refractivity contribution < 1.29 is 42.0 Å². The molecule has 41 heavy (non-hydrogen) atoms. The number of benzene rings is 3. The Labute approximate surface area is 239 Å². The average molecular weight is 610 g/mol. The summed E-state index contributed by atoms with van der Waals surface area (Å²) in [5, 5.41) is 12.4. The van der Waals surface area contributed by atoms with Crippen LogP contribution in [0.4, 0.5) is 29.3 Å². The van der Waals surface area contributed by atoms with Gasteiger partial charge in [0.2, 0.25) is 0 Å². The smallest absolute Gasteiger partial charge is 0.416 e. The van der Waals surface area contributed by atoms with E-state index in [0.717, 1.165) is 12.1 Å². The second-order valence-electron chi connectivity index (χ2n) is 8.37. The lowest BCUT2D eigenvalue weighted by Gasteiger charge is -2.27. The van der Waals surface area contributed by atoms with Gasteiger partial charge in [0.1, 0.15) is 12.2 Å². The van der Waals surface area contributed by atoms with Gasteiger partial charge in [-0.3, -0.25) is 25.0 Å². The summed E-state index contributed by atoms with van der Waals surface area (Å²) < 4.78 is 50.8. The highest BCUT2D eigenvalue weighted by Crippen LogP contribution is 2.39. The molecule has 0 aromatic heterocycles. The van der Waals surface area contributed by atoms with Crippen LogP contribution in [0.5, 0.6) is 11.5 Å². The molecular formula is C26H16Cl2F3N3O7. The van der Waals surface area contributed by atoms with Crippen LogP contribution in [0.3, 0.4) is 0 Å². The number of imide groups is 2. The van der Waals surface area contributed by atoms with E-state index in [1.54, 1.807) is 0 Å². The molecule has 4 amide bonds. The molecule has 212 valence electrons. The second-order valence-corrected chi connectivity index (χ2v) is 9.18. The highest BCUT2D eigenvalue weighted by Gasteiger charge is 2.39. The van der Waals surface area contributed by atoms with Gasteiger partial charge in [-0.05, 0) is 59.7 Å². The molecule has 1 aliphatic heterocycles. The number of nitro groups is 1. The van der Waals surface area contributed by atoms with Crippen molar-refractivity contribution in [2.75, 3.05) is 12.0 Å². The first kappa shape index (κ1) is 29.4. The van der Waals surface area contributed by atoms with Crippen LogP contribution in [0.25, 0.3) is 6.08 Å². The van der Waals surface area contributed by atoms with E-state index >= 15 is 0 Å². The number of hydrogen-bond donors (Lipinski definition) is 1. The number of carbonyl (C=O) groups excluding carboxylic acids is 3. The molecule has 1 saturated heterocycles. The van der Waals surface area contributed by atoms with Crippen LogP contribution in [0, 0.1) is 10.1 Å². The Morgan fingerprint density at radius 3 is 2.32 bits per heavy atom. The molecule has 3 aromatic carbocycles. The monoisotopic (exact) mass is 609 g/mol. The first-order valence-electron chi connectivity index (χ1n) is 11.3. The number of barbiturate groups is 1. The van der Waals surface area contributed by atoms with Gasteiger partial charge in [-0.15, -0.1) is 0 Å². The Morgan fingerprint density at radius 2 is 1.71 bits per heavy atom. The molecule has 1 fully saturated rings. The number of nitrogens with zero attached hydrogens (tertiary/aromatic N) is 2. The lowest BCUT2D eigenvalue weighted by molar-refractivity contribution is -0.384. The molecule has 15 heteroatoms. The van der Waals surface area contributed by atoms with Gasteiger partial charge in [-0.1, -0.05) is 23.2 Å². The molecule has 1 N–H and O–H groups in total. The maximum absolute atomic E-state index is 13.3. The van der Waals surface area contributed by atoms with E-state index in [9.17, 15) is 37.7 Å². The zero-order valence-corrected chi connectivity index (χ0v) is 22.1. The van der Waals surface area contributed by atoms with Crippen molar-refractivity contribution in [3.8, 4) is 11.5 Å². The van der Waals surface area contributed by atoms with Crippen LogP contribution in [0.15, 0.2) is 60.2 Å². The van der Waals surface area contributed by atoms with Crippen LogP contribution in [0.2, 0.25) is 10.0 Å². The van der Waals surface area contributed by atoms with Gasteiger partial charge < -0.3 is 9.47 Å². The number of ether oxygens (including phenoxy) is 2. The summed E-state index contributed by atoms with van der Waals surface area (Å²) in [5.41, 5.74) is -1.71. The standard InChI is InChI=1S/C26H16Cl2F3N3O7/c1-40-21-10-14(9-19(28)22(21)41-12-13-2-5-16(6-3-13)34(38)39)8-17-23(35)32-25(37)33(24(17)36)20-11-15(26(29,30)31)4-7-18(20)27/h2-11H,12H2,1H3,(H,32,35,37)/b17-8-. The SMILES string of the molecule is COc1cc(/C=C2/C(=O)NC(=O)N(c3cc(C(F)(F)F)ccc3Cl)C2=O)cc(Cl)c1OCc1ccc([N+](=O)[O-])cc1. The third kappa shape index (κ3) is 6.26. The van der Waals surface area contributed by atoms with E-state index < -0.39 is 45.8 Å². The van der Waals surface area contributed by atoms with Crippen molar-refractivity contribution in [2.24, 2.45) is 0 Å². The molecule has 0 atom stereocenters. The second kappa shape index (κ2) is 11.5. The molecule has 1 aliphatic rings. The summed E-state index contributed by atoms with van der Waals surface area (Å²) in [6, 6.07) is 9.07. The Kier molecular flexibility index (Phi) is 8.22. The van der Waals surface area contributed by atoms with Gasteiger partial charge in [-0.2, -0.15) is 13.2 Å². The number of non-ortho nitro benzene ring substituents is 1. The van der Waals surface area contributed by atoms with Crippen LogP contribution >= 0.6 is 23.2 Å². The summed E-state index contributed by atoms with van der Waals surface area (Å²) in [6.45, 7) is -0.0375. The summed E-state index contributed by atoms with van der Waals surface area (Å²) in [7, 11) is 1.30. The highest BCUT2D eigenvalue weighted by molar-refractivity contribution is 6.42. The van der Waals surface area contributed by atoms with E-state index in [0.29, 0.717) is 22.6 Å². The molecule has 0 unspecified atom stereocenters. The highest BCUT2D eigenvalue weighted by atomic mass is 35.5.